The van der Waals surface area contributed by atoms with Gasteiger partial charge in [0.15, 0.2) is 5.78 Å². The Kier molecular flexibility index (Phi) is 3.84. The van der Waals surface area contributed by atoms with E-state index in [0.717, 1.165) is 5.56 Å². The topological polar surface area (TPSA) is 17.1 Å². The SMILES string of the molecule is CP(C)(=CC(=O)c1ccccc1)c1ccccc1. The number of carbonyl (C=O) groups is 1. The van der Waals surface area contributed by atoms with E-state index in [1.807, 2.05) is 54.3 Å². The van der Waals surface area contributed by atoms with Crippen molar-refractivity contribution < 1.29 is 4.79 Å². The lowest BCUT2D eigenvalue weighted by Gasteiger charge is -2.15. The number of rotatable bonds is 3. The highest BCUT2D eigenvalue weighted by atomic mass is 31.2. The number of Topliss-reactive ketones (excluding diaryl/α,β-unsaturated/α-hetero) is 1. The van der Waals surface area contributed by atoms with Gasteiger partial charge in [0.1, 0.15) is 0 Å². The molecular formula is C16H17OP. The van der Waals surface area contributed by atoms with Crippen LogP contribution in [0, 0.1) is 0 Å². The van der Waals surface area contributed by atoms with Crippen molar-refractivity contribution in [2.45, 2.75) is 0 Å². The van der Waals surface area contributed by atoms with E-state index in [2.05, 4.69) is 25.5 Å². The molecule has 2 aromatic rings. The number of hydrogen-bond donors (Lipinski definition) is 0. The summed E-state index contributed by atoms with van der Waals surface area (Å²) < 4.78 is 0. The Hall–Kier alpha value is -1.59. The highest BCUT2D eigenvalue weighted by Crippen LogP contribution is 2.36. The average Bonchev–Trinajstić information content (AvgIpc) is 2.40. The van der Waals surface area contributed by atoms with Crippen LogP contribution in [0.3, 0.4) is 0 Å². The first kappa shape index (κ1) is 12.9. The van der Waals surface area contributed by atoms with E-state index in [9.17, 15) is 4.79 Å². The van der Waals surface area contributed by atoms with Gasteiger partial charge >= 0.3 is 0 Å². The molecule has 2 heteroatoms. The Morgan fingerprint density at radius 3 is 1.94 bits per heavy atom. The summed E-state index contributed by atoms with van der Waals surface area (Å²) >= 11 is 0. The predicted octanol–water partition coefficient (Wildman–Crippen LogP) is 3.27. The molecule has 0 aliphatic heterocycles. The van der Waals surface area contributed by atoms with Crippen LogP contribution >= 0.6 is 6.89 Å². The fourth-order valence-electron chi connectivity index (χ4n) is 1.86. The highest BCUT2D eigenvalue weighted by Gasteiger charge is 2.10. The van der Waals surface area contributed by atoms with Crippen molar-refractivity contribution in [1.82, 2.24) is 0 Å². The molecule has 0 saturated carbocycles. The molecule has 0 N–H and O–H groups in total. The van der Waals surface area contributed by atoms with Gasteiger partial charge in [-0.3, -0.25) is 4.79 Å². The van der Waals surface area contributed by atoms with Gasteiger partial charge in [-0.1, -0.05) is 67.5 Å². The third-order valence-corrected chi connectivity index (χ3v) is 5.43. The van der Waals surface area contributed by atoms with Gasteiger partial charge in [0.25, 0.3) is 0 Å². The number of benzene rings is 2. The smallest absolute Gasteiger partial charge is 0.186 e. The summed E-state index contributed by atoms with van der Waals surface area (Å²) in [5.41, 5.74) is 0.765. The van der Waals surface area contributed by atoms with Gasteiger partial charge in [-0.05, 0) is 24.4 Å². The van der Waals surface area contributed by atoms with Gasteiger partial charge in [0.05, 0.1) is 0 Å². The Morgan fingerprint density at radius 1 is 0.889 bits per heavy atom. The van der Waals surface area contributed by atoms with E-state index in [1.54, 1.807) is 0 Å². The molecule has 0 atom stereocenters. The minimum Gasteiger partial charge on any atom is -0.289 e. The van der Waals surface area contributed by atoms with E-state index in [0.29, 0.717) is 0 Å². The summed E-state index contributed by atoms with van der Waals surface area (Å²) in [7, 11) is 0. The normalized spacial score (nSPS) is 11.0. The van der Waals surface area contributed by atoms with E-state index >= 15 is 0 Å². The molecular weight excluding hydrogens is 239 g/mol. The summed E-state index contributed by atoms with van der Waals surface area (Å²) in [6, 6.07) is 19.7. The van der Waals surface area contributed by atoms with Crippen LogP contribution in [0.25, 0.3) is 0 Å². The molecule has 18 heavy (non-hydrogen) atoms. The van der Waals surface area contributed by atoms with Gasteiger partial charge in [-0.15, -0.1) is 0 Å². The Bertz CT molecular complexity index is 579. The molecule has 0 aromatic heterocycles. The van der Waals surface area contributed by atoms with Gasteiger partial charge < -0.3 is 0 Å². The lowest BCUT2D eigenvalue weighted by Crippen LogP contribution is -2.09. The highest BCUT2D eigenvalue weighted by molar-refractivity contribution is 7.81. The van der Waals surface area contributed by atoms with Crippen molar-refractivity contribution >= 4 is 23.8 Å². The summed E-state index contributed by atoms with van der Waals surface area (Å²) in [6.07, 6.45) is 0. The lowest BCUT2D eigenvalue weighted by atomic mass is 10.2. The van der Waals surface area contributed by atoms with E-state index < -0.39 is 6.89 Å². The zero-order valence-electron chi connectivity index (χ0n) is 10.7. The Morgan fingerprint density at radius 2 is 1.39 bits per heavy atom. The maximum absolute atomic E-state index is 12.2. The minimum atomic E-state index is -1.49. The average molecular weight is 256 g/mol. The minimum absolute atomic E-state index is 0.123. The van der Waals surface area contributed by atoms with Crippen LogP contribution in [0.1, 0.15) is 10.4 Å². The fourth-order valence-corrected chi connectivity index (χ4v) is 3.68. The molecule has 1 nitrogen and oxygen atoms in total. The fraction of sp³-hybridized carbons (Fsp3) is 0.125. The van der Waals surface area contributed by atoms with Crippen LogP contribution in [-0.4, -0.2) is 24.9 Å². The molecule has 0 amide bonds. The first-order chi connectivity index (χ1) is 8.59. The summed E-state index contributed by atoms with van der Waals surface area (Å²) in [6.45, 7) is 2.85. The maximum Gasteiger partial charge on any atom is 0.186 e. The van der Waals surface area contributed by atoms with E-state index in [-0.39, 0.29) is 5.78 Å². The molecule has 0 spiro atoms. The van der Waals surface area contributed by atoms with Crippen LogP contribution in [-0.2, 0) is 0 Å². The molecule has 0 aliphatic rings. The molecule has 0 aliphatic carbocycles. The first-order valence-electron chi connectivity index (χ1n) is 5.94. The van der Waals surface area contributed by atoms with Crippen LogP contribution in [0.2, 0.25) is 0 Å². The summed E-state index contributed by atoms with van der Waals surface area (Å²) in [5, 5.41) is 1.26. The molecule has 2 aromatic carbocycles. The molecule has 0 saturated heterocycles. The number of hydrogen-bond acceptors (Lipinski definition) is 1. The van der Waals surface area contributed by atoms with Crippen molar-refractivity contribution in [3.63, 3.8) is 0 Å². The third kappa shape index (κ3) is 3.00. The van der Waals surface area contributed by atoms with Crippen molar-refractivity contribution in [2.24, 2.45) is 0 Å². The van der Waals surface area contributed by atoms with Crippen LogP contribution in [0.5, 0.6) is 0 Å². The molecule has 0 unspecified atom stereocenters. The zero-order chi connectivity index (χ0) is 13.0. The van der Waals surface area contributed by atoms with Crippen LogP contribution in [0.4, 0.5) is 0 Å². The quantitative estimate of drug-likeness (QED) is 0.608. The van der Waals surface area contributed by atoms with Crippen LogP contribution < -0.4 is 5.30 Å². The van der Waals surface area contributed by atoms with Gasteiger partial charge in [-0.25, -0.2) is 0 Å². The molecule has 0 radical (unpaired) electrons. The lowest BCUT2D eigenvalue weighted by molar-refractivity contribution is 0.107. The zero-order valence-corrected chi connectivity index (χ0v) is 11.6. The van der Waals surface area contributed by atoms with Crippen molar-refractivity contribution in [3.05, 3.63) is 66.2 Å². The number of carbonyl (C=O) groups excluding carboxylic acids is 1. The molecule has 0 bridgehead atoms. The summed E-state index contributed by atoms with van der Waals surface area (Å²) in [4.78, 5) is 12.2. The Balaban J connectivity index is 2.36. The standard InChI is InChI=1S/C16H17OP/c1-18(2,15-11-7-4-8-12-15)13-16(17)14-9-5-3-6-10-14/h3-13H,1-2H3. The van der Waals surface area contributed by atoms with E-state index in [4.69, 9.17) is 0 Å². The monoisotopic (exact) mass is 256 g/mol. The molecule has 0 heterocycles. The van der Waals surface area contributed by atoms with Crippen molar-refractivity contribution in [3.8, 4) is 0 Å². The molecule has 0 fully saturated rings. The number of ketones is 1. The Labute approximate surface area is 108 Å². The predicted molar refractivity (Wildman–Crippen MR) is 81.7 cm³/mol. The molecule has 2 rings (SSSR count). The second-order valence-electron chi connectivity index (χ2n) is 4.73. The van der Waals surface area contributed by atoms with Gasteiger partial charge in [0, 0.05) is 5.56 Å². The third-order valence-electron chi connectivity index (χ3n) is 2.92. The largest absolute Gasteiger partial charge is 0.289 e. The van der Waals surface area contributed by atoms with Gasteiger partial charge in [0.2, 0.25) is 0 Å². The van der Waals surface area contributed by atoms with Crippen molar-refractivity contribution in [1.29, 1.82) is 0 Å². The molecule has 92 valence electrons. The van der Waals surface area contributed by atoms with Crippen molar-refractivity contribution in [2.75, 3.05) is 13.3 Å². The second-order valence-corrected chi connectivity index (χ2v) is 8.59. The van der Waals surface area contributed by atoms with Gasteiger partial charge in [-0.2, -0.15) is 0 Å². The first-order valence-corrected chi connectivity index (χ1v) is 8.69. The second kappa shape index (κ2) is 5.37. The maximum atomic E-state index is 12.2. The van der Waals surface area contributed by atoms with Crippen LogP contribution in [0.15, 0.2) is 60.7 Å². The van der Waals surface area contributed by atoms with E-state index in [1.165, 1.54) is 5.30 Å². The summed E-state index contributed by atoms with van der Waals surface area (Å²) in [5.74, 6) is 2.02.